The predicted molar refractivity (Wildman–Crippen MR) is 125 cm³/mol. The van der Waals surface area contributed by atoms with Gasteiger partial charge >= 0.3 is 0 Å². The Kier molecular flexibility index (Phi) is 8.99. The number of β-amino-alcohol motifs (C(OH)–C–C–N with tert-alkyl or cyclic N) is 1. The van der Waals surface area contributed by atoms with Crippen LogP contribution in [-0.4, -0.2) is 86.4 Å². The molecule has 31 heavy (non-hydrogen) atoms. The van der Waals surface area contributed by atoms with Crippen LogP contribution in [0.3, 0.4) is 0 Å². The Morgan fingerprint density at radius 3 is 2.48 bits per heavy atom. The molecule has 170 valence electrons. The van der Waals surface area contributed by atoms with E-state index in [2.05, 4.69) is 28.8 Å². The molecule has 0 radical (unpaired) electrons. The number of piperazine rings is 1. The number of benzene rings is 2. The predicted octanol–water partition coefficient (Wildman–Crippen LogP) is 2.97. The molecule has 1 atom stereocenters. The summed E-state index contributed by atoms with van der Waals surface area (Å²) in [7, 11) is 5.83. The number of nitrogens with zero attached hydrogens (tertiary/aromatic N) is 3. The van der Waals surface area contributed by atoms with E-state index >= 15 is 0 Å². The average molecular weight is 448 g/mol. The molecule has 0 saturated carbocycles. The first kappa shape index (κ1) is 23.8. The molecule has 0 aromatic heterocycles. The molecule has 0 unspecified atom stereocenters. The highest BCUT2D eigenvalue weighted by Crippen LogP contribution is 2.27. The van der Waals surface area contributed by atoms with Crippen molar-refractivity contribution >= 4 is 11.6 Å². The van der Waals surface area contributed by atoms with Gasteiger partial charge in [-0.15, -0.1) is 0 Å². The topological polar surface area (TPSA) is 48.4 Å². The molecule has 3 rings (SSSR count). The van der Waals surface area contributed by atoms with Gasteiger partial charge in [-0.25, -0.2) is 0 Å². The monoisotopic (exact) mass is 447 g/mol. The maximum Gasteiger partial charge on any atom is 0.127 e. The van der Waals surface area contributed by atoms with Gasteiger partial charge in [0.25, 0.3) is 0 Å². The Hall–Kier alpha value is -1.83. The molecular formula is C24H34ClN3O3. The first-order valence-electron chi connectivity index (χ1n) is 10.7. The van der Waals surface area contributed by atoms with Crippen molar-refractivity contribution in [3.63, 3.8) is 0 Å². The molecule has 1 heterocycles. The number of hydrogen-bond acceptors (Lipinski definition) is 6. The minimum Gasteiger partial charge on any atom is -0.497 e. The fourth-order valence-corrected chi connectivity index (χ4v) is 3.95. The lowest BCUT2D eigenvalue weighted by molar-refractivity contribution is 0.0500. The van der Waals surface area contributed by atoms with Crippen molar-refractivity contribution in [1.82, 2.24) is 14.7 Å². The van der Waals surface area contributed by atoms with Crippen molar-refractivity contribution in [3.8, 4) is 11.5 Å². The number of halogens is 1. The number of aliphatic hydroxyl groups is 1. The first-order chi connectivity index (χ1) is 14.9. The summed E-state index contributed by atoms with van der Waals surface area (Å²) in [6.07, 6.45) is -0.539. The summed E-state index contributed by atoms with van der Waals surface area (Å²) >= 11 is 6.31. The number of ether oxygens (including phenoxy) is 2. The van der Waals surface area contributed by atoms with Gasteiger partial charge in [0.2, 0.25) is 0 Å². The third-order valence-corrected chi connectivity index (χ3v) is 5.98. The van der Waals surface area contributed by atoms with Gasteiger partial charge in [-0.2, -0.15) is 0 Å². The van der Waals surface area contributed by atoms with Crippen molar-refractivity contribution < 1.29 is 14.6 Å². The van der Waals surface area contributed by atoms with Gasteiger partial charge in [0.1, 0.15) is 24.2 Å². The molecule has 0 bridgehead atoms. The molecule has 0 amide bonds. The molecule has 1 N–H and O–H groups in total. The van der Waals surface area contributed by atoms with Crippen LogP contribution in [0.15, 0.2) is 42.5 Å². The summed E-state index contributed by atoms with van der Waals surface area (Å²) < 4.78 is 11.4. The van der Waals surface area contributed by atoms with Crippen LogP contribution in [0.5, 0.6) is 11.5 Å². The summed E-state index contributed by atoms with van der Waals surface area (Å²) in [4.78, 5) is 6.79. The van der Waals surface area contributed by atoms with E-state index in [9.17, 15) is 5.11 Å². The number of rotatable bonds is 10. The third-order valence-electron chi connectivity index (χ3n) is 5.61. The lowest BCUT2D eigenvalue weighted by atomic mass is 10.1. The number of aliphatic hydroxyl groups excluding tert-OH is 1. The molecule has 6 nitrogen and oxygen atoms in total. The zero-order chi connectivity index (χ0) is 22.2. The molecule has 2 aromatic carbocycles. The van der Waals surface area contributed by atoms with E-state index < -0.39 is 6.10 Å². The van der Waals surface area contributed by atoms with Crippen LogP contribution < -0.4 is 9.47 Å². The lowest BCUT2D eigenvalue weighted by Gasteiger charge is -2.33. The summed E-state index contributed by atoms with van der Waals surface area (Å²) in [6.45, 7) is 6.32. The zero-order valence-electron chi connectivity index (χ0n) is 18.8. The fraction of sp³-hybridized carbons (Fsp3) is 0.500. The van der Waals surface area contributed by atoms with Gasteiger partial charge in [-0.3, -0.25) is 9.80 Å². The standard InChI is InChI=1S/C24H34ClN3O3/c1-26-10-12-28(13-11-26)17-21(29)18-31-24-14-22(30-3)9-8-20(24)16-27(2)15-19-6-4-5-7-23(19)25/h4-9,14,21,29H,10-13,15-18H2,1-3H3/t21-/m0/s1. The van der Waals surface area contributed by atoms with Crippen molar-refractivity contribution in [1.29, 1.82) is 0 Å². The third kappa shape index (κ3) is 7.37. The van der Waals surface area contributed by atoms with Crippen molar-refractivity contribution in [3.05, 3.63) is 58.6 Å². The summed E-state index contributed by atoms with van der Waals surface area (Å²) in [6, 6.07) is 13.7. The first-order valence-corrected chi connectivity index (χ1v) is 11.1. The van der Waals surface area contributed by atoms with Crippen molar-refractivity contribution in [2.75, 3.05) is 60.5 Å². The van der Waals surface area contributed by atoms with E-state index in [1.54, 1.807) is 7.11 Å². The van der Waals surface area contributed by atoms with Gasteiger partial charge in [-0.05, 0) is 31.8 Å². The van der Waals surface area contributed by atoms with E-state index in [4.69, 9.17) is 21.1 Å². The van der Waals surface area contributed by atoms with Crippen LogP contribution in [0.2, 0.25) is 5.02 Å². The van der Waals surface area contributed by atoms with Crippen LogP contribution in [0.25, 0.3) is 0 Å². The Morgan fingerprint density at radius 1 is 1.06 bits per heavy atom. The van der Waals surface area contributed by atoms with Gasteiger partial charge in [0.15, 0.2) is 0 Å². The van der Waals surface area contributed by atoms with E-state index in [1.807, 2.05) is 42.5 Å². The molecule has 1 aliphatic heterocycles. The largest absolute Gasteiger partial charge is 0.497 e. The van der Waals surface area contributed by atoms with Crippen LogP contribution in [0, 0.1) is 0 Å². The van der Waals surface area contributed by atoms with Gasteiger partial charge < -0.3 is 19.5 Å². The SMILES string of the molecule is COc1ccc(CN(C)Cc2ccccc2Cl)c(OC[C@@H](O)CN2CCN(C)CC2)c1. The second kappa shape index (κ2) is 11.7. The highest BCUT2D eigenvalue weighted by Gasteiger charge is 2.18. The van der Waals surface area contributed by atoms with Crippen LogP contribution in [0.4, 0.5) is 0 Å². The number of methoxy groups -OCH3 is 1. The second-order valence-corrected chi connectivity index (χ2v) is 8.71. The highest BCUT2D eigenvalue weighted by atomic mass is 35.5. The van der Waals surface area contributed by atoms with Crippen LogP contribution in [-0.2, 0) is 13.1 Å². The highest BCUT2D eigenvalue weighted by molar-refractivity contribution is 6.31. The molecule has 1 aliphatic rings. The summed E-state index contributed by atoms with van der Waals surface area (Å²) in [5.41, 5.74) is 2.13. The fourth-order valence-electron chi connectivity index (χ4n) is 3.76. The maximum absolute atomic E-state index is 10.5. The lowest BCUT2D eigenvalue weighted by Crippen LogP contribution is -2.47. The molecular weight excluding hydrogens is 414 g/mol. The van der Waals surface area contributed by atoms with E-state index in [1.165, 1.54) is 0 Å². The molecule has 2 aromatic rings. The van der Waals surface area contributed by atoms with Gasteiger partial charge in [0.05, 0.1) is 7.11 Å². The normalized spacial score (nSPS) is 16.5. The minimum absolute atomic E-state index is 0.251. The zero-order valence-corrected chi connectivity index (χ0v) is 19.5. The maximum atomic E-state index is 10.5. The Labute approximate surface area is 190 Å². The van der Waals surface area contributed by atoms with Gasteiger partial charge in [0, 0.05) is 62.5 Å². The van der Waals surface area contributed by atoms with E-state index in [0.29, 0.717) is 13.1 Å². The van der Waals surface area contributed by atoms with E-state index in [-0.39, 0.29) is 6.61 Å². The second-order valence-electron chi connectivity index (χ2n) is 8.31. The Balaban J connectivity index is 1.59. The minimum atomic E-state index is -0.539. The van der Waals surface area contributed by atoms with Crippen molar-refractivity contribution in [2.24, 2.45) is 0 Å². The summed E-state index contributed by atoms with van der Waals surface area (Å²) in [5, 5.41) is 11.3. The van der Waals surface area contributed by atoms with Crippen molar-refractivity contribution in [2.45, 2.75) is 19.2 Å². The van der Waals surface area contributed by atoms with Gasteiger partial charge in [-0.1, -0.05) is 35.9 Å². The molecule has 1 saturated heterocycles. The average Bonchev–Trinajstić information content (AvgIpc) is 2.76. The van der Waals surface area contributed by atoms with Crippen LogP contribution in [0.1, 0.15) is 11.1 Å². The molecule has 0 spiro atoms. The van der Waals surface area contributed by atoms with E-state index in [0.717, 1.165) is 60.4 Å². The quantitative estimate of drug-likeness (QED) is 0.604. The van der Waals surface area contributed by atoms with Crippen LogP contribution >= 0.6 is 11.6 Å². The molecule has 1 fully saturated rings. The number of hydrogen-bond donors (Lipinski definition) is 1. The number of likely N-dealkylation sites (N-methyl/N-ethyl adjacent to an activating group) is 1. The summed E-state index contributed by atoms with van der Waals surface area (Å²) in [5.74, 6) is 1.48. The smallest absolute Gasteiger partial charge is 0.127 e. The Bertz CT molecular complexity index is 827. The molecule has 0 aliphatic carbocycles. The Morgan fingerprint density at radius 2 is 1.77 bits per heavy atom. The molecule has 7 heteroatoms.